The summed E-state index contributed by atoms with van der Waals surface area (Å²) in [4.78, 5) is 11.2. The maximum absolute atomic E-state index is 11.2. The molecule has 108 valence electrons. The molecule has 3 rings (SSSR count). The molecule has 3 heteroatoms. The number of piperidine rings is 1. The SMILES string of the molecule is O=C(O)CC(c1ccccc1C1CCNCC1)C1CC1. The zero-order valence-electron chi connectivity index (χ0n) is 11.8. The molecule has 1 aromatic carbocycles. The van der Waals surface area contributed by atoms with Gasteiger partial charge in [-0.3, -0.25) is 4.79 Å². The molecule has 1 saturated heterocycles. The van der Waals surface area contributed by atoms with E-state index in [2.05, 4.69) is 29.6 Å². The number of carboxylic acid groups (broad SMARTS) is 1. The van der Waals surface area contributed by atoms with Crippen LogP contribution in [0.5, 0.6) is 0 Å². The summed E-state index contributed by atoms with van der Waals surface area (Å²) in [7, 11) is 0. The van der Waals surface area contributed by atoms with Crippen molar-refractivity contribution in [3.8, 4) is 0 Å². The van der Waals surface area contributed by atoms with Crippen LogP contribution in [-0.4, -0.2) is 24.2 Å². The Bertz CT molecular complexity index is 476. The normalized spacial score (nSPS) is 21.6. The Morgan fingerprint density at radius 3 is 2.55 bits per heavy atom. The van der Waals surface area contributed by atoms with Crippen LogP contribution in [0.2, 0.25) is 0 Å². The third-order valence-electron chi connectivity index (χ3n) is 4.76. The van der Waals surface area contributed by atoms with Gasteiger partial charge >= 0.3 is 5.97 Å². The van der Waals surface area contributed by atoms with Gasteiger partial charge in [0.25, 0.3) is 0 Å². The lowest BCUT2D eigenvalue weighted by Crippen LogP contribution is -2.27. The highest BCUT2D eigenvalue weighted by molar-refractivity contribution is 5.68. The number of benzene rings is 1. The molecule has 1 heterocycles. The van der Waals surface area contributed by atoms with Crippen LogP contribution in [0.4, 0.5) is 0 Å². The predicted molar refractivity (Wildman–Crippen MR) is 79.0 cm³/mol. The summed E-state index contributed by atoms with van der Waals surface area (Å²) in [6, 6.07) is 8.56. The average Bonchev–Trinajstić information content (AvgIpc) is 3.30. The molecule has 1 saturated carbocycles. The summed E-state index contributed by atoms with van der Waals surface area (Å²) in [5, 5.41) is 12.6. The number of carbonyl (C=O) groups is 1. The van der Waals surface area contributed by atoms with Crippen molar-refractivity contribution in [2.24, 2.45) is 5.92 Å². The number of hydrogen-bond acceptors (Lipinski definition) is 2. The van der Waals surface area contributed by atoms with E-state index in [1.54, 1.807) is 0 Å². The fourth-order valence-corrected chi connectivity index (χ4v) is 3.57. The third-order valence-corrected chi connectivity index (χ3v) is 4.76. The highest BCUT2D eigenvalue weighted by Crippen LogP contribution is 2.46. The highest BCUT2D eigenvalue weighted by atomic mass is 16.4. The van der Waals surface area contributed by atoms with E-state index in [1.807, 2.05) is 0 Å². The topological polar surface area (TPSA) is 49.3 Å². The number of hydrogen-bond donors (Lipinski definition) is 2. The minimum atomic E-state index is -0.665. The van der Waals surface area contributed by atoms with Gasteiger partial charge in [-0.25, -0.2) is 0 Å². The number of nitrogens with one attached hydrogen (secondary N) is 1. The Labute approximate surface area is 120 Å². The van der Waals surface area contributed by atoms with Gasteiger partial charge in [0.15, 0.2) is 0 Å². The molecule has 0 amide bonds. The van der Waals surface area contributed by atoms with E-state index in [1.165, 1.54) is 36.8 Å². The summed E-state index contributed by atoms with van der Waals surface area (Å²) in [5.41, 5.74) is 2.72. The molecule has 1 unspecified atom stereocenters. The summed E-state index contributed by atoms with van der Waals surface area (Å²) in [6.07, 6.45) is 5.01. The summed E-state index contributed by atoms with van der Waals surface area (Å²) < 4.78 is 0. The van der Waals surface area contributed by atoms with Gasteiger partial charge in [0, 0.05) is 0 Å². The van der Waals surface area contributed by atoms with E-state index in [0.717, 1.165) is 13.1 Å². The van der Waals surface area contributed by atoms with Gasteiger partial charge in [0.05, 0.1) is 6.42 Å². The van der Waals surface area contributed by atoms with Crippen molar-refractivity contribution in [1.29, 1.82) is 0 Å². The lowest BCUT2D eigenvalue weighted by Gasteiger charge is -2.27. The zero-order valence-corrected chi connectivity index (χ0v) is 11.8. The van der Waals surface area contributed by atoms with Crippen molar-refractivity contribution in [2.45, 2.75) is 43.9 Å². The average molecular weight is 273 g/mol. The molecule has 2 aliphatic rings. The Hall–Kier alpha value is -1.35. The van der Waals surface area contributed by atoms with Crippen LogP contribution in [0.15, 0.2) is 24.3 Å². The third kappa shape index (κ3) is 3.04. The van der Waals surface area contributed by atoms with Crippen molar-refractivity contribution >= 4 is 5.97 Å². The maximum atomic E-state index is 11.2. The Balaban J connectivity index is 1.88. The minimum absolute atomic E-state index is 0.221. The summed E-state index contributed by atoms with van der Waals surface area (Å²) in [5.74, 6) is 0.747. The van der Waals surface area contributed by atoms with Crippen LogP contribution in [0.1, 0.15) is 55.1 Å². The molecule has 0 bridgehead atoms. The fraction of sp³-hybridized carbons (Fsp3) is 0.588. The monoisotopic (exact) mass is 273 g/mol. The van der Waals surface area contributed by atoms with Gasteiger partial charge < -0.3 is 10.4 Å². The maximum Gasteiger partial charge on any atom is 0.303 e. The molecule has 0 radical (unpaired) electrons. The fourth-order valence-electron chi connectivity index (χ4n) is 3.57. The second-order valence-electron chi connectivity index (χ2n) is 6.19. The first kappa shape index (κ1) is 13.6. The summed E-state index contributed by atoms with van der Waals surface area (Å²) >= 11 is 0. The van der Waals surface area contributed by atoms with Crippen LogP contribution < -0.4 is 5.32 Å². The molecular weight excluding hydrogens is 250 g/mol. The molecule has 2 fully saturated rings. The van der Waals surface area contributed by atoms with E-state index < -0.39 is 5.97 Å². The van der Waals surface area contributed by atoms with E-state index in [-0.39, 0.29) is 12.3 Å². The van der Waals surface area contributed by atoms with E-state index in [0.29, 0.717) is 11.8 Å². The van der Waals surface area contributed by atoms with Crippen molar-refractivity contribution in [2.75, 3.05) is 13.1 Å². The first-order valence-corrected chi connectivity index (χ1v) is 7.77. The molecular formula is C17H23NO2. The van der Waals surface area contributed by atoms with Crippen LogP contribution in [0.3, 0.4) is 0 Å². The molecule has 1 aliphatic heterocycles. The highest BCUT2D eigenvalue weighted by Gasteiger charge is 2.35. The van der Waals surface area contributed by atoms with Crippen molar-refractivity contribution < 1.29 is 9.90 Å². The quantitative estimate of drug-likeness (QED) is 0.866. The first-order chi connectivity index (χ1) is 9.75. The Kier molecular flexibility index (Phi) is 4.06. The second kappa shape index (κ2) is 5.96. The van der Waals surface area contributed by atoms with Gasteiger partial charge in [0.1, 0.15) is 0 Å². The van der Waals surface area contributed by atoms with Crippen LogP contribution in [-0.2, 0) is 4.79 Å². The van der Waals surface area contributed by atoms with Gasteiger partial charge in [-0.2, -0.15) is 0 Å². The molecule has 3 nitrogen and oxygen atoms in total. The molecule has 0 aromatic heterocycles. The van der Waals surface area contributed by atoms with Crippen LogP contribution in [0, 0.1) is 5.92 Å². The van der Waals surface area contributed by atoms with Crippen LogP contribution >= 0.6 is 0 Å². The largest absolute Gasteiger partial charge is 0.481 e. The molecule has 0 spiro atoms. The van der Waals surface area contributed by atoms with Gasteiger partial charge in [-0.15, -0.1) is 0 Å². The predicted octanol–water partition coefficient (Wildman–Crippen LogP) is 3.12. The van der Waals surface area contributed by atoms with Gasteiger partial charge in [-0.05, 0) is 67.7 Å². The zero-order chi connectivity index (χ0) is 13.9. The molecule has 2 N–H and O–H groups in total. The van der Waals surface area contributed by atoms with E-state index in [4.69, 9.17) is 0 Å². The summed E-state index contributed by atoms with van der Waals surface area (Å²) in [6.45, 7) is 2.15. The van der Waals surface area contributed by atoms with Crippen molar-refractivity contribution in [3.05, 3.63) is 35.4 Å². The number of rotatable bonds is 5. The van der Waals surface area contributed by atoms with Gasteiger partial charge in [-0.1, -0.05) is 24.3 Å². The first-order valence-electron chi connectivity index (χ1n) is 7.77. The lowest BCUT2D eigenvalue weighted by molar-refractivity contribution is -0.137. The minimum Gasteiger partial charge on any atom is -0.481 e. The van der Waals surface area contributed by atoms with E-state index >= 15 is 0 Å². The molecule has 1 atom stereocenters. The molecule has 1 aliphatic carbocycles. The molecule has 1 aromatic rings. The standard InChI is InChI=1S/C17H23NO2/c19-17(20)11-16(12-5-6-12)15-4-2-1-3-14(15)13-7-9-18-10-8-13/h1-4,12-13,16,18H,5-11H2,(H,19,20). The Morgan fingerprint density at radius 1 is 1.20 bits per heavy atom. The van der Waals surface area contributed by atoms with Crippen LogP contribution in [0.25, 0.3) is 0 Å². The van der Waals surface area contributed by atoms with E-state index in [9.17, 15) is 9.90 Å². The Morgan fingerprint density at radius 2 is 1.90 bits per heavy atom. The number of carboxylic acids is 1. The van der Waals surface area contributed by atoms with Gasteiger partial charge in [0.2, 0.25) is 0 Å². The number of aliphatic carboxylic acids is 1. The molecule has 20 heavy (non-hydrogen) atoms. The smallest absolute Gasteiger partial charge is 0.303 e. The van der Waals surface area contributed by atoms with Crippen molar-refractivity contribution in [3.63, 3.8) is 0 Å². The van der Waals surface area contributed by atoms with Crippen molar-refractivity contribution in [1.82, 2.24) is 5.32 Å². The second-order valence-corrected chi connectivity index (χ2v) is 6.19. The lowest BCUT2D eigenvalue weighted by atomic mass is 9.80.